The first-order valence-corrected chi connectivity index (χ1v) is 9.43. The molecule has 0 bridgehead atoms. The standard InChI is InChI=1S/C23H20FN3O2/c1-15-12-17-4-2-3-5-21(17)27(15)23(29)18-10-11-25-20(13-18)22(28)26-14-16-6-8-19(24)9-7-16/h2-11,13,15H,12,14H2,1H3,(H,26,28). The molecule has 3 aromatic rings. The summed E-state index contributed by atoms with van der Waals surface area (Å²) >= 11 is 0. The average molecular weight is 389 g/mol. The Morgan fingerprint density at radius 2 is 1.90 bits per heavy atom. The Labute approximate surface area is 168 Å². The van der Waals surface area contributed by atoms with Gasteiger partial charge in [0.25, 0.3) is 11.8 Å². The van der Waals surface area contributed by atoms with E-state index >= 15 is 0 Å². The third kappa shape index (κ3) is 3.87. The van der Waals surface area contributed by atoms with Crippen LogP contribution in [0.1, 0.15) is 38.9 Å². The molecule has 0 fully saturated rings. The number of aromatic nitrogens is 1. The molecule has 0 radical (unpaired) electrons. The first kappa shape index (κ1) is 18.8. The number of amides is 2. The van der Waals surface area contributed by atoms with Crippen LogP contribution in [0.25, 0.3) is 0 Å². The fraction of sp³-hybridized carbons (Fsp3) is 0.174. The predicted molar refractivity (Wildman–Crippen MR) is 108 cm³/mol. The molecule has 1 aromatic heterocycles. The van der Waals surface area contributed by atoms with Gasteiger partial charge in [-0.05, 0) is 54.8 Å². The van der Waals surface area contributed by atoms with E-state index in [1.165, 1.54) is 24.4 Å². The molecular formula is C23H20FN3O2. The first-order chi connectivity index (χ1) is 14.0. The lowest BCUT2D eigenvalue weighted by atomic mass is 10.1. The number of rotatable bonds is 4. The maximum Gasteiger partial charge on any atom is 0.270 e. The van der Waals surface area contributed by atoms with E-state index in [-0.39, 0.29) is 35.9 Å². The zero-order chi connectivity index (χ0) is 20.4. The minimum Gasteiger partial charge on any atom is -0.347 e. The van der Waals surface area contributed by atoms with Crippen molar-refractivity contribution in [1.29, 1.82) is 0 Å². The molecule has 1 aliphatic heterocycles. The molecule has 5 nitrogen and oxygen atoms in total. The quantitative estimate of drug-likeness (QED) is 0.739. The summed E-state index contributed by atoms with van der Waals surface area (Å²) in [5, 5.41) is 2.75. The van der Waals surface area contributed by atoms with Gasteiger partial charge < -0.3 is 10.2 Å². The highest BCUT2D eigenvalue weighted by Crippen LogP contribution is 2.33. The molecule has 0 aliphatic carbocycles. The molecule has 1 aliphatic rings. The Morgan fingerprint density at radius 1 is 1.14 bits per heavy atom. The number of benzene rings is 2. The summed E-state index contributed by atoms with van der Waals surface area (Å²) in [6, 6.07) is 16.9. The van der Waals surface area contributed by atoms with Gasteiger partial charge in [0, 0.05) is 30.0 Å². The van der Waals surface area contributed by atoms with Crippen LogP contribution in [0.4, 0.5) is 10.1 Å². The van der Waals surface area contributed by atoms with Crippen LogP contribution in [0.3, 0.4) is 0 Å². The molecule has 146 valence electrons. The maximum atomic E-state index is 13.1. The lowest BCUT2D eigenvalue weighted by molar-refractivity contribution is 0.0946. The smallest absolute Gasteiger partial charge is 0.270 e. The van der Waals surface area contributed by atoms with Crippen LogP contribution in [0.5, 0.6) is 0 Å². The summed E-state index contributed by atoms with van der Waals surface area (Å²) in [6.45, 7) is 2.25. The van der Waals surface area contributed by atoms with Crippen molar-refractivity contribution >= 4 is 17.5 Å². The predicted octanol–water partition coefficient (Wildman–Crippen LogP) is 3.74. The van der Waals surface area contributed by atoms with E-state index in [9.17, 15) is 14.0 Å². The monoisotopic (exact) mass is 389 g/mol. The van der Waals surface area contributed by atoms with Crippen molar-refractivity contribution in [2.75, 3.05) is 4.90 Å². The second-order valence-corrected chi connectivity index (χ2v) is 7.10. The summed E-state index contributed by atoms with van der Waals surface area (Å²) < 4.78 is 13.0. The second-order valence-electron chi connectivity index (χ2n) is 7.10. The molecule has 1 unspecified atom stereocenters. The fourth-order valence-electron chi connectivity index (χ4n) is 3.58. The molecule has 2 aromatic carbocycles. The van der Waals surface area contributed by atoms with E-state index in [0.717, 1.165) is 23.2 Å². The lowest BCUT2D eigenvalue weighted by Gasteiger charge is -2.23. The molecule has 6 heteroatoms. The molecule has 4 rings (SSSR count). The second kappa shape index (κ2) is 7.83. The third-order valence-electron chi connectivity index (χ3n) is 5.03. The number of nitrogens with one attached hydrogen (secondary N) is 1. The number of para-hydroxylation sites is 1. The minimum atomic E-state index is -0.390. The minimum absolute atomic E-state index is 0.0452. The number of carbonyl (C=O) groups excluding carboxylic acids is 2. The normalized spacial score (nSPS) is 15.1. The summed E-state index contributed by atoms with van der Waals surface area (Å²) in [7, 11) is 0. The number of halogens is 1. The molecule has 0 spiro atoms. The van der Waals surface area contributed by atoms with Gasteiger partial charge in [0.1, 0.15) is 11.5 Å². The van der Waals surface area contributed by atoms with Crippen molar-refractivity contribution in [2.24, 2.45) is 0 Å². The van der Waals surface area contributed by atoms with E-state index < -0.39 is 0 Å². The van der Waals surface area contributed by atoms with Crippen LogP contribution in [0.2, 0.25) is 0 Å². The van der Waals surface area contributed by atoms with Gasteiger partial charge in [-0.3, -0.25) is 14.6 Å². The summed E-state index contributed by atoms with van der Waals surface area (Å²) in [5.74, 6) is -0.873. The van der Waals surface area contributed by atoms with Gasteiger partial charge in [-0.2, -0.15) is 0 Å². The number of nitrogens with zero attached hydrogens (tertiary/aromatic N) is 2. The summed E-state index contributed by atoms with van der Waals surface area (Å²) in [4.78, 5) is 31.5. The van der Waals surface area contributed by atoms with Gasteiger partial charge in [-0.1, -0.05) is 30.3 Å². The number of hydrogen-bond acceptors (Lipinski definition) is 3. The first-order valence-electron chi connectivity index (χ1n) is 9.43. The highest BCUT2D eigenvalue weighted by Gasteiger charge is 2.31. The van der Waals surface area contributed by atoms with Gasteiger partial charge in [0.15, 0.2) is 0 Å². The third-order valence-corrected chi connectivity index (χ3v) is 5.03. The molecule has 2 heterocycles. The molecular weight excluding hydrogens is 369 g/mol. The lowest BCUT2D eigenvalue weighted by Crippen LogP contribution is -2.36. The Morgan fingerprint density at radius 3 is 2.69 bits per heavy atom. The van der Waals surface area contributed by atoms with Gasteiger partial charge in [-0.25, -0.2) is 4.39 Å². The van der Waals surface area contributed by atoms with Crippen LogP contribution in [0, 0.1) is 5.82 Å². The van der Waals surface area contributed by atoms with Crippen LogP contribution >= 0.6 is 0 Å². The molecule has 1 atom stereocenters. The largest absolute Gasteiger partial charge is 0.347 e. The molecule has 0 saturated carbocycles. The zero-order valence-corrected chi connectivity index (χ0v) is 15.9. The fourth-order valence-corrected chi connectivity index (χ4v) is 3.58. The molecule has 29 heavy (non-hydrogen) atoms. The topological polar surface area (TPSA) is 62.3 Å². The number of hydrogen-bond donors (Lipinski definition) is 1. The Bertz CT molecular complexity index is 1070. The van der Waals surface area contributed by atoms with Crippen molar-refractivity contribution in [3.05, 3.63) is 95.1 Å². The number of fused-ring (bicyclic) bond motifs is 1. The molecule has 1 N–H and O–H groups in total. The van der Waals surface area contributed by atoms with Crippen molar-refractivity contribution in [2.45, 2.75) is 25.9 Å². The average Bonchev–Trinajstić information content (AvgIpc) is 3.08. The van der Waals surface area contributed by atoms with Gasteiger partial charge in [0.2, 0.25) is 0 Å². The van der Waals surface area contributed by atoms with Gasteiger partial charge in [0.05, 0.1) is 0 Å². The van der Waals surface area contributed by atoms with E-state index in [0.29, 0.717) is 5.56 Å². The van der Waals surface area contributed by atoms with Crippen LogP contribution < -0.4 is 10.2 Å². The van der Waals surface area contributed by atoms with Crippen molar-refractivity contribution in [1.82, 2.24) is 10.3 Å². The summed E-state index contributed by atoms with van der Waals surface area (Å²) in [6.07, 6.45) is 2.27. The van der Waals surface area contributed by atoms with Crippen LogP contribution in [-0.2, 0) is 13.0 Å². The van der Waals surface area contributed by atoms with Crippen molar-refractivity contribution in [3.8, 4) is 0 Å². The van der Waals surface area contributed by atoms with E-state index in [1.54, 1.807) is 23.1 Å². The number of carbonyl (C=O) groups is 2. The van der Waals surface area contributed by atoms with E-state index in [2.05, 4.69) is 10.3 Å². The van der Waals surface area contributed by atoms with Crippen LogP contribution in [0.15, 0.2) is 66.9 Å². The Balaban J connectivity index is 1.50. The highest BCUT2D eigenvalue weighted by molar-refractivity contribution is 6.08. The molecule has 2 amide bonds. The van der Waals surface area contributed by atoms with Crippen molar-refractivity contribution < 1.29 is 14.0 Å². The number of anilines is 1. The van der Waals surface area contributed by atoms with Crippen LogP contribution in [-0.4, -0.2) is 22.8 Å². The Kier molecular flexibility index (Phi) is 5.08. The van der Waals surface area contributed by atoms with E-state index in [4.69, 9.17) is 0 Å². The Hall–Kier alpha value is -3.54. The zero-order valence-electron chi connectivity index (χ0n) is 15.9. The van der Waals surface area contributed by atoms with Gasteiger partial charge >= 0.3 is 0 Å². The number of pyridine rings is 1. The molecule has 0 saturated heterocycles. The highest BCUT2D eigenvalue weighted by atomic mass is 19.1. The SMILES string of the molecule is CC1Cc2ccccc2N1C(=O)c1ccnc(C(=O)NCc2ccc(F)cc2)c1. The maximum absolute atomic E-state index is 13.1. The van der Waals surface area contributed by atoms with Gasteiger partial charge in [-0.15, -0.1) is 0 Å². The summed E-state index contributed by atoms with van der Waals surface area (Å²) in [5.41, 5.74) is 3.40. The van der Waals surface area contributed by atoms with Crippen molar-refractivity contribution in [3.63, 3.8) is 0 Å². The van der Waals surface area contributed by atoms with E-state index in [1.807, 2.05) is 31.2 Å².